The average molecular weight is 209 g/mol. The third-order valence-corrected chi connectivity index (χ3v) is 2.37. The second kappa shape index (κ2) is 4.77. The molecule has 0 aliphatic heterocycles. The van der Waals surface area contributed by atoms with Crippen molar-refractivity contribution in [3.05, 3.63) is 22.5 Å². The summed E-state index contributed by atoms with van der Waals surface area (Å²) >= 11 is 0. The molecule has 82 valence electrons. The number of hydrogen-bond acceptors (Lipinski definition) is 3. The first-order valence-corrected chi connectivity index (χ1v) is 4.99. The van der Waals surface area contributed by atoms with Crippen LogP contribution in [0.3, 0.4) is 0 Å². The number of carbonyl (C=O) groups excluding carboxylic acids is 2. The van der Waals surface area contributed by atoms with E-state index in [-0.39, 0.29) is 0 Å². The molecule has 4 heteroatoms. The van der Waals surface area contributed by atoms with E-state index in [0.29, 0.717) is 24.4 Å². The number of hydrogen-bond donors (Lipinski definition) is 1. The second-order valence-corrected chi connectivity index (χ2v) is 3.21. The molecular formula is C11H15NO3. The maximum absolute atomic E-state index is 11.5. The van der Waals surface area contributed by atoms with E-state index in [9.17, 15) is 9.59 Å². The van der Waals surface area contributed by atoms with E-state index >= 15 is 0 Å². The molecule has 15 heavy (non-hydrogen) atoms. The Kier molecular flexibility index (Phi) is 3.66. The van der Waals surface area contributed by atoms with Crippen molar-refractivity contribution in [1.82, 2.24) is 4.98 Å². The predicted octanol–water partition coefficient (Wildman–Crippen LogP) is 1.87. The molecule has 1 N–H and O–H groups in total. The zero-order valence-corrected chi connectivity index (χ0v) is 9.22. The van der Waals surface area contributed by atoms with Gasteiger partial charge in [-0.2, -0.15) is 0 Å². The smallest absolute Gasteiger partial charge is 0.355 e. The molecule has 0 amide bonds. The van der Waals surface area contributed by atoms with Crippen molar-refractivity contribution in [1.29, 1.82) is 0 Å². The Morgan fingerprint density at radius 1 is 1.47 bits per heavy atom. The molecule has 1 rings (SSSR count). The highest BCUT2D eigenvalue weighted by atomic mass is 16.5. The Labute approximate surface area is 88.6 Å². The van der Waals surface area contributed by atoms with Gasteiger partial charge in [0.05, 0.1) is 12.3 Å². The summed E-state index contributed by atoms with van der Waals surface area (Å²) in [5.41, 5.74) is 2.54. The third kappa shape index (κ3) is 2.09. The van der Waals surface area contributed by atoms with Crippen LogP contribution in [-0.2, 0) is 11.2 Å². The van der Waals surface area contributed by atoms with E-state index in [1.54, 1.807) is 6.92 Å². The van der Waals surface area contributed by atoms with Gasteiger partial charge in [0, 0.05) is 0 Å². The maximum atomic E-state index is 11.5. The standard InChI is InChI=1S/C11H15NO3/c1-4-8-7(3)9(6-13)12-10(8)11(14)15-5-2/h6,12H,4-5H2,1-3H3. The Hall–Kier alpha value is -1.58. The average Bonchev–Trinajstić information content (AvgIpc) is 2.55. The molecule has 0 unspecified atom stereocenters. The second-order valence-electron chi connectivity index (χ2n) is 3.21. The fourth-order valence-electron chi connectivity index (χ4n) is 1.59. The molecule has 0 fully saturated rings. The first kappa shape index (κ1) is 11.5. The minimum Gasteiger partial charge on any atom is -0.461 e. The summed E-state index contributed by atoms with van der Waals surface area (Å²) < 4.78 is 4.90. The molecule has 0 aliphatic carbocycles. The maximum Gasteiger partial charge on any atom is 0.355 e. The van der Waals surface area contributed by atoms with Gasteiger partial charge in [0.2, 0.25) is 0 Å². The van der Waals surface area contributed by atoms with Gasteiger partial charge in [0.1, 0.15) is 5.69 Å². The highest BCUT2D eigenvalue weighted by Crippen LogP contribution is 2.18. The molecule has 1 heterocycles. The van der Waals surface area contributed by atoms with Crippen molar-refractivity contribution < 1.29 is 14.3 Å². The normalized spacial score (nSPS) is 10.1. The Bertz CT molecular complexity index is 379. The summed E-state index contributed by atoms with van der Waals surface area (Å²) in [7, 11) is 0. The Morgan fingerprint density at radius 2 is 2.13 bits per heavy atom. The largest absolute Gasteiger partial charge is 0.461 e. The quantitative estimate of drug-likeness (QED) is 0.608. The van der Waals surface area contributed by atoms with Crippen molar-refractivity contribution in [3.63, 3.8) is 0 Å². The number of aromatic nitrogens is 1. The molecule has 0 aliphatic rings. The minimum absolute atomic E-state index is 0.330. The van der Waals surface area contributed by atoms with Crippen LogP contribution in [0.15, 0.2) is 0 Å². The summed E-state index contributed by atoms with van der Waals surface area (Å²) in [6.07, 6.45) is 1.42. The lowest BCUT2D eigenvalue weighted by molar-refractivity contribution is 0.0519. The van der Waals surface area contributed by atoms with Crippen molar-refractivity contribution in [2.24, 2.45) is 0 Å². The molecule has 4 nitrogen and oxygen atoms in total. The van der Waals surface area contributed by atoms with Gasteiger partial charge < -0.3 is 9.72 Å². The summed E-state index contributed by atoms with van der Waals surface area (Å²) in [6, 6.07) is 0. The van der Waals surface area contributed by atoms with Crippen molar-refractivity contribution in [2.75, 3.05) is 6.61 Å². The zero-order valence-electron chi connectivity index (χ0n) is 9.22. The van der Waals surface area contributed by atoms with Crippen LogP contribution in [-0.4, -0.2) is 23.8 Å². The van der Waals surface area contributed by atoms with E-state index in [2.05, 4.69) is 4.98 Å². The van der Waals surface area contributed by atoms with Crippen LogP contribution in [0.2, 0.25) is 0 Å². The number of ether oxygens (including phenoxy) is 1. The number of H-pyrrole nitrogens is 1. The van der Waals surface area contributed by atoms with Gasteiger partial charge in [0.15, 0.2) is 6.29 Å². The molecular weight excluding hydrogens is 194 g/mol. The van der Waals surface area contributed by atoms with Gasteiger partial charge in [-0.25, -0.2) is 4.79 Å². The third-order valence-electron chi connectivity index (χ3n) is 2.37. The molecule has 1 aromatic heterocycles. The van der Waals surface area contributed by atoms with Gasteiger partial charge in [-0.1, -0.05) is 6.92 Å². The number of aromatic amines is 1. The van der Waals surface area contributed by atoms with Crippen LogP contribution in [0.25, 0.3) is 0 Å². The number of rotatable bonds is 4. The van der Waals surface area contributed by atoms with Gasteiger partial charge in [-0.3, -0.25) is 4.79 Å². The van der Waals surface area contributed by atoms with E-state index in [0.717, 1.165) is 17.4 Å². The van der Waals surface area contributed by atoms with Crippen LogP contribution in [0.4, 0.5) is 0 Å². The lowest BCUT2D eigenvalue weighted by Gasteiger charge is -2.01. The first-order valence-electron chi connectivity index (χ1n) is 4.99. The minimum atomic E-state index is -0.398. The van der Waals surface area contributed by atoms with E-state index in [4.69, 9.17) is 4.74 Å². The monoisotopic (exact) mass is 209 g/mol. The summed E-state index contributed by atoms with van der Waals surface area (Å²) in [6.45, 7) is 5.84. The zero-order chi connectivity index (χ0) is 11.4. The molecule has 0 radical (unpaired) electrons. The van der Waals surface area contributed by atoms with E-state index in [1.165, 1.54) is 0 Å². The van der Waals surface area contributed by atoms with Gasteiger partial charge in [-0.05, 0) is 31.4 Å². The van der Waals surface area contributed by atoms with E-state index in [1.807, 2.05) is 13.8 Å². The molecule has 0 spiro atoms. The van der Waals surface area contributed by atoms with Gasteiger partial charge >= 0.3 is 5.97 Å². The Balaban J connectivity index is 3.16. The molecule has 0 saturated carbocycles. The number of esters is 1. The molecule has 0 atom stereocenters. The number of aldehydes is 1. The molecule has 0 aromatic carbocycles. The highest BCUT2D eigenvalue weighted by molar-refractivity contribution is 5.92. The number of nitrogens with one attached hydrogen (secondary N) is 1. The molecule has 1 aromatic rings. The summed E-state index contributed by atoms with van der Waals surface area (Å²) in [5, 5.41) is 0. The predicted molar refractivity (Wildman–Crippen MR) is 56.3 cm³/mol. The van der Waals surface area contributed by atoms with E-state index < -0.39 is 5.97 Å². The highest BCUT2D eigenvalue weighted by Gasteiger charge is 2.18. The Morgan fingerprint density at radius 3 is 2.60 bits per heavy atom. The molecule has 0 saturated heterocycles. The van der Waals surface area contributed by atoms with Gasteiger partial charge in [-0.15, -0.1) is 0 Å². The lowest BCUT2D eigenvalue weighted by atomic mass is 10.1. The van der Waals surface area contributed by atoms with Crippen molar-refractivity contribution in [2.45, 2.75) is 27.2 Å². The van der Waals surface area contributed by atoms with Crippen molar-refractivity contribution >= 4 is 12.3 Å². The fourth-order valence-corrected chi connectivity index (χ4v) is 1.59. The first-order chi connectivity index (χ1) is 7.15. The summed E-state index contributed by atoms with van der Waals surface area (Å²) in [4.78, 5) is 25.0. The SMILES string of the molecule is CCOC(=O)c1[nH]c(C=O)c(C)c1CC. The fraction of sp³-hybridized carbons (Fsp3) is 0.455. The summed E-state index contributed by atoms with van der Waals surface area (Å²) in [5.74, 6) is -0.398. The van der Waals surface area contributed by atoms with Crippen LogP contribution in [0, 0.1) is 6.92 Å². The van der Waals surface area contributed by atoms with Crippen LogP contribution in [0.5, 0.6) is 0 Å². The van der Waals surface area contributed by atoms with Gasteiger partial charge in [0.25, 0.3) is 0 Å². The number of carbonyl (C=O) groups is 2. The van der Waals surface area contributed by atoms with Crippen LogP contribution in [0.1, 0.15) is 46.0 Å². The molecule has 0 bridgehead atoms. The van der Waals surface area contributed by atoms with Crippen LogP contribution >= 0.6 is 0 Å². The lowest BCUT2D eigenvalue weighted by Crippen LogP contribution is -2.07. The van der Waals surface area contributed by atoms with Crippen LogP contribution < -0.4 is 0 Å². The topological polar surface area (TPSA) is 59.2 Å². The van der Waals surface area contributed by atoms with Crippen molar-refractivity contribution in [3.8, 4) is 0 Å².